The molecule has 2 aromatic rings. The maximum Gasteiger partial charge on any atom is 0.416 e. The molecule has 3 N–H and O–H groups in total. The quantitative estimate of drug-likeness (QED) is 0.556. The molecule has 11 heteroatoms. The number of anilines is 4. The third kappa shape index (κ3) is 6.31. The van der Waals surface area contributed by atoms with Gasteiger partial charge in [-0.25, -0.2) is 0 Å². The van der Waals surface area contributed by atoms with Crippen molar-refractivity contribution in [2.24, 2.45) is 0 Å². The Kier molecular flexibility index (Phi) is 7.87. The number of carbonyl (C=O) groups is 2. The molecular weight excluding hydrogens is 453 g/mol. The van der Waals surface area contributed by atoms with Crippen LogP contribution < -0.4 is 25.6 Å². The maximum absolute atomic E-state index is 13.3. The van der Waals surface area contributed by atoms with Crippen LogP contribution in [0.15, 0.2) is 36.4 Å². The van der Waals surface area contributed by atoms with Gasteiger partial charge in [0.25, 0.3) is 0 Å². The molecule has 0 aromatic heterocycles. The minimum atomic E-state index is -4.55. The Morgan fingerprint density at radius 3 is 2.38 bits per heavy atom. The van der Waals surface area contributed by atoms with Gasteiger partial charge < -0.3 is 30.3 Å². The summed E-state index contributed by atoms with van der Waals surface area (Å²) < 4.78 is 50.6. The fraction of sp³-hybridized carbons (Fsp3) is 0.391. The number of halogens is 3. The van der Waals surface area contributed by atoms with E-state index in [1.807, 2.05) is 4.90 Å². The largest absolute Gasteiger partial charge is 0.495 e. The number of hydrogen-bond donors (Lipinski definition) is 3. The first kappa shape index (κ1) is 25.2. The number of nitrogens with zero attached hydrogens (tertiary/aromatic N) is 1. The maximum atomic E-state index is 13.3. The molecule has 2 amide bonds. The average Bonchev–Trinajstić information content (AvgIpc) is 2.78. The highest BCUT2D eigenvalue weighted by Crippen LogP contribution is 2.36. The van der Waals surface area contributed by atoms with Crippen molar-refractivity contribution in [2.75, 3.05) is 54.3 Å². The van der Waals surface area contributed by atoms with Crippen LogP contribution in [0.3, 0.4) is 0 Å². The SMILES string of the molecule is COc1ccc(NC(C)=O)cc1N[C@H](C)C(=O)Nc1cc(C(F)(F)F)ccc1N1CCOCC1. The summed E-state index contributed by atoms with van der Waals surface area (Å²) >= 11 is 0. The van der Waals surface area contributed by atoms with E-state index < -0.39 is 23.7 Å². The second-order valence-electron chi connectivity index (χ2n) is 7.78. The van der Waals surface area contributed by atoms with Crippen LogP contribution in [0.4, 0.5) is 35.9 Å². The lowest BCUT2D eigenvalue weighted by Crippen LogP contribution is -2.37. The van der Waals surface area contributed by atoms with E-state index in [0.29, 0.717) is 49.1 Å². The lowest BCUT2D eigenvalue weighted by molar-refractivity contribution is -0.137. The zero-order chi connectivity index (χ0) is 24.9. The van der Waals surface area contributed by atoms with Crippen molar-refractivity contribution in [1.82, 2.24) is 0 Å². The van der Waals surface area contributed by atoms with E-state index >= 15 is 0 Å². The van der Waals surface area contributed by atoms with Gasteiger partial charge in [-0.15, -0.1) is 0 Å². The summed E-state index contributed by atoms with van der Waals surface area (Å²) in [6.07, 6.45) is -4.55. The first-order valence-electron chi connectivity index (χ1n) is 10.7. The Morgan fingerprint density at radius 2 is 1.76 bits per heavy atom. The predicted octanol–water partition coefficient (Wildman–Crippen LogP) is 3.95. The molecule has 0 unspecified atom stereocenters. The van der Waals surface area contributed by atoms with E-state index in [2.05, 4.69) is 16.0 Å². The van der Waals surface area contributed by atoms with Gasteiger partial charge in [-0.3, -0.25) is 9.59 Å². The molecule has 1 aliphatic heterocycles. The number of methoxy groups -OCH3 is 1. The lowest BCUT2D eigenvalue weighted by Gasteiger charge is -2.31. The monoisotopic (exact) mass is 480 g/mol. The Balaban J connectivity index is 1.83. The van der Waals surface area contributed by atoms with Crippen molar-refractivity contribution >= 4 is 34.6 Å². The van der Waals surface area contributed by atoms with Gasteiger partial charge in [-0.05, 0) is 43.3 Å². The molecule has 1 fully saturated rings. The van der Waals surface area contributed by atoms with Gasteiger partial charge in [0.2, 0.25) is 11.8 Å². The van der Waals surface area contributed by atoms with Crippen molar-refractivity contribution in [3.8, 4) is 5.75 Å². The van der Waals surface area contributed by atoms with E-state index in [1.54, 1.807) is 25.1 Å². The number of hydrogen-bond acceptors (Lipinski definition) is 6. The summed E-state index contributed by atoms with van der Waals surface area (Å²) in [5, 5.41) is 8.27. The number of ether oxygens (including phenoxy) is 2. The van der Waals surface area contributed by atoms with Gasteiger partial charge >= 0.3 is 6.18 Å². The van der Waals surface area contributed by atoms with Gasteiger partial charge in [-0.1, -0.05) is 0 Å². The summed E-state index contributed by atoms with van der Waals surface area (Å²) in [6.45, 7) is 4.81. The van der Waals surface area contributed by atoms with Gasteiger partial charge in [-0.2, -0.15) is 13.2 Å². The van der Waals surface area contributed by atoms with Crippen LogP contribution >= 0.6 is 0 Å². The molecule has 3 rings (SSSR count). The molecule has 1 atom stereocenters. The molecule has 1 heterocycles. The third-order valence-electron chi connectivity index (χ3n) is 5.22. The summed E-state index contributed by atoms with van der Waals surface area (Å²) in [7, 11) is 1.46. The molecule has 0 radical (unpaired) electrons. The van der Waals surface area contributed by atoms with Gasteiger partial charge in [0.05, 0.1) is 42.9 Å². The minimum absolute atomic E-state index is 0.0642. The number of carbonyl (C=O) groups excluding carboxylic acids is 2. The van der Waals surface area contributed by atoms with E-state index in [4.69, 9.17) is 9.47 Å². The highest BCUT2D eigenvalue weighted by Gasteiger charge is 2.32. The Labute approximate surface area is 195 Å². The van der Waals surface area contributed by atoms with Crippen LogP contribution in [0.5, 0.6) is 5.75 Å². The number of morpholine rings is 1. The van der Waals surface area contributed by atoms with Crippen LogP contribution in [0.1, 0.15) is 19.4 Å². The van der Waals surface area contributed by atoms with E-state index in [9.17, 15) is 22.8 Å². The molecule has 0 spiro atoms. The van der Waals surface area contributed by atoms with E-state index in [1.165, 1.54) is 20.1 Å². The predicted molar refractivity (Wildman–Crippen MR) is 123 cm³/mol. The highest BCUT2D eigenvalue weighted by atomic mass is 19.4. The topological polar surface area (TPSA) is 91.9 Å². The van der Waals surface area contributed by atoms with E-state index in [-0.39, 0.29) is 11.6 Å². The third-order valence-corrected chi connectivity index (χ3v) is 5.22. The molecule has 0 aliphatic carbocycles. The Bertz CT molecular complexity index is 1040. The smallest absolute Gasteiger partial charge is 0.416 e. The van der Waals surface area contributed by atoms with Crippen molar-refractivity contribution in [3.05, 3.63) is 42.0 Å². The van der Waals surface area contributed by atoms with Crippen molar-refractivity contribution in [1.29, 1.82) is 0 Å². The first-order chi connectivity index (χ1) is 16.1. The molecule has 34 heavy (non-hydrogen) atoms. The zero-order valence-corrected chi connectivity index (χ0v) is 19.1. The molecule has 1 saturated heterocycles. The standard InChI is InChI=1S/C23H27F3N4O4/c1-14(27-19-13-17(28-15(2)31)5-7-21(19)33-3)22(32)29-18-12-16(23(24,25)26)4-6-20(18)30-8-10-34-11-9-30/h4-7,12-14,27H,8-11H2,1-3H3,(H,28,31)(H,29,32)/t14-/m1/s1. The summed E-state index contributed by atoms with van der Waals surface area (Å²) in [5.74, 6) is -0.371. The van der Waals surface area contributed by atoms with Crippen molar-refractivity contribution in [2.45, 2.75) is 26.1 Å². The lowest BCUT2D eigenvalue weighted by atomic mass is 10.1. The summed E-state index contributed by atoms with van der Waals surface area (Å²) in [4.78, 5) is 26.2. The Hall–Kier alpha value is -3.47. The van der Waals surface area contributed by atoms with E-state index in [0.717, 1.165) is 12.1 Å². The van der Waals surface area contributed by atoms with Crippen LogP contribution in [0, 0.1) is 0 Å². The Morgan fingerprint density at radius 1 is 1.06 bits per heavy atom. The molecular formula is C23H27F3N4O4. The molecule has 8 nitrogen and oxygen atoms in total. The molecule has 1 aliphatic rings. The average molecular weight is 480 g/mol. The second kappa shape index (κ2) is 10.6. The fourth-order valence-corrected chi connectivity index (χ4v) is 3.53. The number of amides is 2. The van der Waals surface area contributed by atoms with Crippen LogP contribution in [0.2, 0.25) is 0 Å². The molecule has 0 bridgehead atoms. The summed E-state index contributed by atoms with van der Waals surface area (Å²) in [5.41, 5.74) is 0.631. The van der Waals surface area contributed by atoms with Gasteiger partial charge in [0.1, 0.15) is 11.8 Å². The normalized spacial score (nSPS) is 14.8. The van der Waals surface area contributed by atoms with Crippen molar-refractivity contribution in [3.63, 3.8) is 0 Å². The van der Waals surface area contributed by atoms with Crippen LogP contribution in [-0.2, 0) is 20.5 Å². The van der Waals surface area contributed by atoms with Crippen molar-refractivity contribution < 1.29 is 32.2 Å². The second-order valence-corrected chi connectivity index (χ2v) is 7.78. The molecule has 0 saturated carbocycles. The van der Waals surface area contributed by atoms with Gasteiger partial charge in [0, 0.05) is 25.7 Å². The van der Waals surface area contributed by atoms with Crippen LogP contribution in [0.25, 0.3) is 0 Å². The van der Waals surface area contributed by atoms with Crippen LogP contribution in [-0.4, -0.2) is 51.3 Å². The number of benzene rings is 2. The van der Waals surface area contributed by atoms with Gasteiger partial charge in [0.15, 0.2) is 0 Å². The summed E-state index contributed by atoms with van der Waals surface area (Å²) in [6, 6.07) is 7.34. The number of rotatable bonds is 7. The highest BCUT2D eigenvalue weighted by molar-refractivity contribution is 5.99. The zero-order valence-electron chi connectivity index (χ0n) is 19.1. The molecule has 184 valence electrons. The minimum Gasteiger partial charge on any atom is -0.495 e. The number of alkyl halides is 3. The molecule has 2 aromatic carbocycles. The number of nitrogens with one attached hydrogen (secondary N) is 3. The fourth-order valence-electron chi connectivity index (χ4n) is 3.53. The first-order valence-corrected chi connectivity index (χ1v) is 10.7.